The van der Waals surface area contributed by atoms with Crippen molar-refractivity contribution in [3.8, 4) is 0 Å². The summed E-state index contributed by atoms with van der Waals surface area (Å²) in [7, 11) is 0. The zero-order chi connectivity index (χ0) is 12.7. The molecule has 0 bridgehead atoms. The molecule has 0 spiro atoms. The van der Waals surface area contributed by atoms with Crippen molar-refractivity contribution in [3.63, 3.8) is 0 Å². The van der Waals surface area contributed by atoms with Gasteiger partial charge in [0.05, 0.1) is 5.56 Å². The maximum absolute atomic E-state index is 11.6. The number of hydrogen-bond donors (Lipinski definition) is 3. The molecule has 96 valence electrons. The van der Waals surface area contributed by atoms with Gasteiger partial charge in [-0.15, -0.1) is 0 Å². The quantitative estimate of drug-likeness (QED) is 0.518. The largest absolute Gasteiger partial charge is 0.385 e. The number of unbranched alkanes of at least 4 members (excludes halogenated alkanes) is 5. The second kappa shape index (κ2) is 7.27. The zero-order valence-corrected chi connectivity index (χ0v) is 11.2. The van der Waals surface area contributed by atoms with Gasteiger partial charge in [0.2, 0.25) is 0 Å². The van der Waals surface area contributed by atoms with Gasteiger partial charge in [0.25, 0.3) is 5.56 Å². The first-order valence-corrected chi connectivity index (χ1v) is 6.67. The van der Waals surface area contributed by atoms with Crippen LogP contribution in [0.3, 0.4) is 0 Å². The van der Waals surface area contributed by atoms with Crippen LogP contribution in [0.1, 0.15) is 51.0 Å². The maximum atomic E-state index is 11.6. The lowest BCUT2D eigenvalue weighted by Crippen LogP contribution is -2.17. The predicted molar refractivity (Wildman–Crippen MR) is 73.7 cm³/mol. The molecule has 0 saturated carbocycles. The number of rotatable bonds is 7. The average molecular weight is 255 g/mol. The van der Waals surface area contributed by atoms with Gasteiger partial charge in [-0.1, -0.05) is 39.0 Å². The van der Waals surface area contributed by atoms with Crippen LogP contribution in [0.4, 0.5) is 5.82 Å². The summed E-state index contributed by atoms with van der Waals surface area (Å²) in [4.78, 5) is 16.9. The van der Waals surface area contributed by atoms with Gasteiger partial charge in [-0.2, -0.15) is 0 Å². The summed E-state index contributed by atoms with van der Waals surface area (Å²) < 4.78 is 0.291. The smallest absolute Gasteiger partial charge is 0.256 e. The average Bonchev–Trinajstić information content (AvgIpc) is 2.26. The Balaban J connectivity index is 2.42. The molecular formula is C12H21N3OS. The molecule has 1 rings (SSSR count). The Bertz CT molecular complexity index is 450. The molecule has 0 atom stereocenters. The number of H-pyrrole nitrogens is 2. The Hall–Kier alpha value is -1.10. The second-order valence-corrected chi connectivity index (χ2v) is 4.73. The van der Waals surface area contributed by atoms with E-state index in [1.807, 2.05) is 0 Å². The lowest BCUT2D eigenvalue weighted by molar-refractivity contribution is 0.606. The number of aromatic amines is 2. The van der Waals surface area contributed by atoms with E-state index >= 15 is 0 Å². The molecule has 0 radical (unpaired) electrons. The molecule has 17 heavy (non-hydrogen) atoms. The molecule has 1 aromatic rings. The normalized spacial score (nSPS) is 10.6. The number of nitrogens with one attached hydrogen (secondary N) is 2. The first-order valence-electron chi connectivity index (χ1n) is 6.26. The van der Waals surface area contributed by atoms with Gasteiger partial charge < -0.3 is 10.7 Å². The van der Waals surface area contributed by atoms with E-state index in [4.69, 9.17) is 18.0 Å². The van der Waals surface area contributed by atoms with Crippen LogP contribution < -0.4 is 11.3 Å². The van der Waals surface area contributed by atoms with Crippen molar-refractivity contribution in [2.45, 2.75) is 51.9 Å². The first-order chi connectivity index (χ1) is 8.15. The van der Waals surface area contributed by atoms with Gasteiger partial charge in [0.15, 0.2) is 4.77 Å². The van der Waals surface area contributed by atoms with Crippen molar-refractivity contribution in [2.75, 3.05) is 5.73 Å². The molecule has 1 aromatic heterocycles. The molecule has 1 heterocycles. The number of aromatic nitrogens is 2. The van der Waals surface area contributed by atoms with E-state index in [-0.39, 0.29) is 5.56 Å². The highest BCUT2D eigenvalue weighted by atomic mass is 32.1. The summed E-state index contributed by atoms with van der Waals surface area (Å²) in [5, 5.41) is 0. The SMILES string of the molecule is CCCCCCCCc1c(N)[nH]c(=S)[nH]c1=O. The highest BCUT2D eigenvalue weighted by Crippen LogP contribution is 2.10. The molecule has 0 fully saturated rings. The summed E-state index contributed by atoms with van der Waals surface area (Å²) in [5.74, 6) is 0.410. The van der Waals surface area contributed by atoms with Crippen LogP contribution in [0.2, 0.25) is 0 Å². The van der Waals surface area contributed by atoms with Crippen LogP contribution in [0.25, 0.3) is 0 Å². The van der Waals surface area contributed by atoms with Crippen LogP contribution in [0.5, 0.6) is 0 Å². The zero-order valence-electron chi connectivity index (χ0n) is 10.3. The lowest BCUT2D eigenvalue weighted by atomic mass is 10.1. The molecule has 0 saturated heterocycles. The maximum Gasteiger partial charge on any atom is 0.256 e. The Morgan fingerprint density at radius 2 is 1.76 bits per heavy atom. The van der Waals surface area contributed by atoms with Gasteiger partial charge in [0.1, 0.15) is 5.82 Å². The number of nitrogen functional groups attached to an aromatic ring is 1. The minimum Gasteiger partial charge on any atom is -0.385 e. The lowest BCUT2D eigenvalue weighted by Gasteiger charge is -2.04. The molecule has 4 N–H and O–H groups in total. The van der Waals surface area contributed by atoms with E-state index in [2.05, 4.69) is 16.9 Å². The summed E-state index contributed by atoms with van der Waals surface area (Å²) in [6.07, 6.45) is 7.92. The third-order valence-corrected chi connectivity index (χ3v) is 3.06. The third kappa shape index (κ3) is 4.73. The highest BCUT2D eigenvalue weighted by molar-refractivity contribution is 7.71. The van der Waals surface area contributed by atoms with Gasteiger partial charge in [-0.3, -0.25) is 9.78 Å². The van der Waals surface area contributed by atoms with E-state index in [1.165, 1.54) is 25.7 Å². The fraction of sp³-hybridized carbons (Fsp3) is 0.667. The first kappa shape index (κ1) is 14.0. The third-order valence-electron chi connectivity index (χ3n) is 2.85. The molecule has 0 aliphatic carbocycles. The predicted octanol–water partition coefficient (Wildman–Crippen LogP) is 2.92. The van der Waals surface area contributed by atoms with Gasteiger partial charge in [0, 0.05) is 0 Å². The van der Waals surface area contributed by atoms with Crippen molar-refractivity contribution in [2.24, 2.45) is 0 Å². The Labute approximate surface area is 107 Å². The van der Waals surface area contributed by atoms with Crippen molar-refractivity contribution in [3.05, 3.63) is 20.7 Å². The molecule has 5 heteroatoms. The van der Waals surface area contributed by atoms with Crippen LogP contribution in [-0.2, 0) is 6.42 Å². The number of anilines is 1. The molecule has 0 aromatic carbocycles. The van der Waals surface area contributed by atoms with Crippen molar-refractivity contribution in [1.82, 2.24) is 9.97 Å². The summed E-state index contributed by atoms with van der Waals surface area (Å²) >= 11 is 4.84. The molecule has 0 amide bonds. The van der Waals surface area contributed by atoms with Crippen molar-refractivity contribution in [1.29, 1.82) is 0 Å². The fourth-order valence-corrected chi connectivity index (χ4v) is 2.06. The Kier molecular flexibility index (Phi) is 5.97. The van der Waals surface area contributed by atoms with E-state index in [0.29, 0.717) is 16.2 Å². The van der Waals surface area contributed by atoms with Gasteiger partial charge in [-0.05, 0) is 25.1 Å². The molecule has 0 aliphatic heterocycles. The van der Waals surface area contributed by atoms with Crippen LogP contribution in [0.15, 0.2) is 4.79 Å². The summed E-state index contributed by atoms with van der Waals surface area (Å²) in [6.45, 7) is 2.20. The molecule has 4 nitrogen and oxygen atoms in total. The van der Waals surface area contributed by atoms with Crippen LogP contribution >= 0.6 is 12.2 Å². The van der Waals surface area contributed by atoms with Crippen molar-refractivity contribution >= 4 is 18.0 Å². The van der Waals surface area contributed by atoms with Gasteiger partial charge in [-0.25, -0.2) is 0 Å². The summed E-state index contributed by atoms with van der Waals surface area (Å²) in [6, 6.07) is 0. The van der Waals surface area contributed by atoms with Crippen molar-refractivity contribution < 1.29 is 0 Å². The van der Waals surface area contributed by atoms with Gasteiger partial charge >= 0.3 is 0 Å². The molecule has 0 aliphatic rings. The van der Waals surface area contributed by atoms with E-state index in [1.54, 1.807) is 0 Å². The van der Waals surface area contributed by atoms with E-state index in [9.17, 15) is 4.79 Å². The molecular weight excluding hydrogens is 234 g/mol. The van der Waals surface area contributed by atoms with Crippen LogP contribution in [-0.4, -0.2) is 9.97 Å². The van der Waals surface area contributed by atoms with E-state index < -0.39 is 0 Å². The molecule has 0 unspecified atom stereocenters. The number of nitrogens with two attached hydrogens (primary N) is 1. The van der Waals surface area contributed by atoms with Crippen LogP contribution in [0, 0.1) is 4.77 Å². The monoisotopic (exact) mass is 255 g/mol. The Morgan fingerprint density at radius 1 is 1.12 bits per heavy atom. The van der Waals surface area contributed by atoms with E-state index in [0.717, 1.165) is 19.3 Å². The minimum atomic E-state index is -0.153. The number of hydrogen-bond acceptors (Lipinski definition) is 3. The fourth-order valence-electron chi connectivity index (χ4n) is 1.86. The Morgan fingerprint density at radius 3 is 2.41 bits per heavy atom. The second-order valence-electron chi connectivity index (χ2n) is 4.32. The highest BCUT2D eigenvalue weighted by Gasteiger charge is 2.04. The topological polar surface area (TPSA) is 74.7 Å². The standard InChI is InChI=1S/C12H21N3OS/c1-2-3-4-5-6-7-8-9-10(13)14-12(17)15-11(9)16/h2-8H2,1H3,(H4,13,14,15,16,17). The summed E-state index contributed by atoms with van der Waals surface area (Å²) in [5.41, 5.74) is 6.22. The minimum absolute atomic E-state index is 0.153.